The van der Waals surface area contributed by atoms with Crippen molar-refractivity contribution in [1.82, 2.24) is 4.72 Å². The molecule has 0 bridgehead atoms. The molecular formula is C9H9F2NO5S. The standard InChI is InChI=1S/C9H9F2NO5S/c10-6-2-1-5(3-7(6)11)18(16,17)12-4-8(13)9(14)15/h1-3,8,12-13H,4H2,(H,14,15)/t8-/m0/s1. The van der Waals surface area contributed by atoms with Crippen LogP contribution in [0.3, 0.4) is 0 Å². The third-order valence-electron chi connectivity index (χ3n) is 1.95. The number of aliphatic hydroxyl groups is 1. The molecule has 0 aliphatic heterocycles. The molecule has 0 heterocycles. The van der Waals surface area contributed by atoms with Crippen LogP contribution in [0.2, 0.25) is 0 Å². The van der Waals surface area contributed by atoms with Crippen molar-refractivity contribution in [3.05, 3.63) is 29.8 Å². The van der Waals surface area contributed by atoms with E-state index in [9.17, 15) is 22.0 Å². The topological polar surface area (TPSA) is 104 Å². The number of benzene rings is 1. The highest BCUT2D eigenvalue weighted by Crippen LogP contribution is 2.13. The fourth-order valence-electron chi connectivity index (χ4n) is 1.00. The number of rotatable bonds is 5. The normalized spacial score (nSPS) is 13.3. The van der Waals surface area contributed by atoms with Gasteiger partial charge in [-0.05, 0) is 18.2 Å². The van der Waals surface area contributed by atoms with Gasteiger partial charge in [-0.1, -0.05) is 0 Å². The average molecular weight is 281 g/mol. The Morgan fingerprint density at radius 2 is 1.94 bits per heavy atom. The fourth-order valence-corrected chi connectivity index (χ4v) is 2.05. The third kappa shape index (κ3) is 3.45. The number of aliphatic hydroxyl groups excluding tert-OH is 1. The number of nitrogens with one attached hydrogen (secondary N) is 1. The number of aliphatic carboxylic acids is 1. The van der Waals surface area contributed by atoms with Crippen molar-refractivity contribution in [2.24, 2.45) is 0 Å². The molecule has 1 atom stereocenters. The van der Waals surface area contributed by atoms with Gasteiger partial charge in [-0.25, -0.2) is 26.7 Å². The van der Waals surface area contributed by atoms with Crippen LogP contribution in [0.1, 0.15) is 0 Å². The van der Waals surface area contributed by atoms with Crippen molar-refractivity contribution in [1.29, 1.82) is 0 Å². The van der Waals surface area contributed by atoms with Gasteiger partial charge in [0, 0.05) is 6.54 Å². The molecule has 0 aliphatic rings. The van der Waals surface area contributed by atoms with Crippen LogP contribution >= 0.6 is 0 Å². The summed E-state index contributed by atoms with van der Waals surface area (Å²) in [5.74, 6) is -4.17. The number of hydrogen-bond acceptors (Lipinski definition) is 4. The minimum absolute atomic E-state index is 0.449. The molecule has 6 nitrogen and oxygen atoms in total. The highest BCUT2D eigenvalue weighted by atomic mass is 32.2. The summed E-state index contributed by atoms with van der Waals surface area (Å²) in [4.78, 5) is 9.69. The first-order chi connectivity index (χ1) is 8.24. The van der Waals surface area contributed by atoms with E-state index in [1.807, 2.05) is 0 Å². The van der Waals surface area contributed by atoms with E-state index in [0.717, 1.165) is 6.07 Å². The van der Waals surface area contributed by atoms with Gasteiger partial charge in [0.25, 0.3) is 0 Å². The van der Waals surface area contributed by atoms with Crippen molar-refractivity contribution in [3.8, 4) is 0 Å². The van der Waals surface area contributed by atoms with Crippen molar-refractivity contribution in [3.63, 3.8) is 0 Å². The zero-order valence-electron chi connectivity index (χ0n) is 8.80. The lowest BCUT2D eigenvalue weighted by atomic mass is 10.3. The second-order valence-corrected chi connectivity index (χ2v) is 5.05. The number of halogens is 2. The molecule has 1 rings (SSSR count). The maximum Gasteiger partial charge on any atom is 0.333 e. The summed E-state index contributed by atoms with van der Waals surface area (Å²) in [5, 5.41) is 17.2. The predicted molar refractivity (Wildman–Crippen MR) is 55.2 cm³/mol. The zero-order chi connectivity index (χ0) is 13.9. The largest absolute Gasteiger partial charge is 0.479 e. The van der Waals surface area contributed by atoms with Gasteiger partial charge in [0.2, 0.25) is 10.0 Å². The molecule has 0 aliphatic carbocycles. The number of carboxylic acids is 1. The minimum Gasteiger partial charge on any atom is -0.479 e. The van der Waals surface area contributed by atoms with Crippen LogP contribution in [0.4, 0.5) is 8.78 Å². The maximum absolute atomic E-state index is 12.8. The summed E-state index contributed by atoms with van der Waals surface area (Å²) in [5.41, 5.74) is 0. The molecule has 0 fully saturated rings. The van der Waals surface area contributed by atoms with Crippen molar-refractivity contribution < 1.29 is 32.2 Å². The van der Waals surface area contributed by atoms with Crippen LogP contribution in [-0.4, -0.2) is 37.2 Å². The Morgan fingerprint density at radius 1 is 1.33 bits per heavy atom. The zero-order valence-corrected chi connectivity index (χ0v) is 9.62. The number of hydrogen-bond donors (Lipinski definition) is 3. The number of sulfonamides is 1. The monoisotopic (exact) mass is 281 g/mol. The SMILES string of the molecule is O=C(O)[C@@H](O)CNS(=O)(=O)c1ccc(F)c(F)c1. The van der Waals surface area contributed by atoms with E-state index in [1.54, 1.807) is 4.72 Å². The lowest BCUT2D eigenvalue weighted by Crippen LogP contribution is -2.36. The maximum atomic E-state index is 12.8. The molecule has 0 spiro atoms. The Morgan fingerprint density at radius 3 is 2.44 bits per heavy atom. The smallest absolute Gasteiger partial charge is 0.333 e. The minimum atomic E-state index is -4.21. The Hall–Kier alpha value is -1.58. The molecule has 1 aromatic carbocycles. The number of carbonyl (C=O) groups is 1. The molecular weight excluding hydrogens is 272 g/mol. The van der Waals surface area contributed by atoms with E-state index < -0.39 is 45.2 Å². The van der Waals surface area contributed by atoms with E-state index in [-0.39, 0.29) is 0 Å². The van der Waals surface area contributed by atoms with Crippen LogP contribution in [-0.2, 0) is 14.8 Å². The summed E-state index contributed by atoms with van der Waals surface area (Å²) >= 11 is 0. The number of carboxylic acid groups (broad SMARTS) is 1. The van der Waals surface area contributed by atoms with Crippen LogP contribution in [0.5, 0.6) is 0 Å². The summed E-state index contributed by atoms with van der Waals surface area (Å²) in [6.45, 7) is -0.781. The van der Waals surface area contributed by atoms with Crippen molar-refractivity contribution in [2.75, 3.05) is 6.54 Å². The summed E-state index contributed by atoms with van der Waals surface area (Å²) < 4.78 is 50.2. The first kappa shape index (κ1) is 14.5. The van der Waals surface area contributed by atoms with Crippen molar-refractivity contribution in [2.45, 2.75) is 11.0 Å². The van der Waals surface area contributed by atoms with Crippen molar-refractivity contribution >= 4 is 16.0 Å². The summed E-state index contributed by atoms with van der Waals surface area (Å²) in [6, 6.07) is 1.89. The summed E-state index contributed by atoms with van der Waals surface area (Å²) in [7, 11) is -4.21. The first-order valence-electron chi connectivity index (χ1n) is 4.59. The third-order valence-corrected chi connectivity index (χ3v) is 3.37. The molecule has 1 aromatic rings. The van der Waals surface area contributed by atoms with E-state index >= 15 is 0 Å². The van der Waals surface area contributed by atoms with Gasteiger partial charge in [0.1, 0.15) is 0 Å². The molecule has 0 aromatic heterocycles. The van der Waals surface area contributed by atoms with Gasteiger partial charge < -0.3 is 10.2 Å². The van der Waals surface area contributed by atoms with Gasteiger partial charge in [-0.15, -0.1) is 0 Å². The van der Waals surface area contributed by atoms with Gasteiger partial charge in [0.05, 0.1) is 4.90 Å². The molecule has 0 radical (unpaired) electrons. The Bertz CT molecular complexity index is 560. The van der Waals surface area contributed by atoms with Crippen LogP contribution in [0, 0.1) is 11.6 Å². The molecule has 0 amide bonds. The van der Waals surface area contributed by atoms with Gasteiger partial charge in [-0.2, -0.15) is 0 Å². The van der Waals surface area contributed by atoms with E-state index in [4.69, 9.17) is 10.2 Å². The second kappa shape index (κ2) is 5.38. The fraction of sp³-hybridized carbons (Fsp3) is 0.222. The summed E-state index contributed by atoms with van der Waals surface area (Å²) in [6.07, 6.45) is -1.93. The molecule has 3 N–H and O–H groups in total. The molecule has 9 heteroatoms. The molecule has 0 saturated heterocycles. The van der Waals surface area contributed by atoms with E-state index in [1.165, 1.54) is 0 Å². The highest BCUT2D eigenvalue weighted by Gasteiger charge is 2.20. The molecule has 0 unspecified atom stereocenters. The Balaban J connectivity index is 2.87. The molecule has 100 valence electrons. The Labute approximate surface area is 101 Å². The molecule has 0 saturated carbocycles. The van der Waals surface area contributed by atoms with Gasteiger partial charge in [0.15, 0.2) is 17.7 Å². The van der Waals surface area contributed by atoms with Gasteiger partial charge >= 0.3 is 5.97 Å². The van der Waals surface area contributed by atoms with Gasteiger partial charge in [-0.3, -0.25) is 0 Å². The van der Waals surface area contributed by atoms with Crippen LogP contribution in [0.25, 0.3) is 0 Å². The molecule has 18 heavy (non-hydrogen) atoms. The van der Waals surface area contributed by atoms with E-state index in [0.29, 0.717) is 12.1 Å². The quantitative estimate of drug-likeness (QED) is 0.686. The Kier molecular flexibility index (Phi) is 4.33. The van der Waals surface area contributed by atoms with Crippen LogP contribution in [0.15, 0.2) is 23.1 Å². The first-order valence-corrected chi connectivity index (χ1v) is 6.08. The van der Waals surface area contributed by atoms with E-state index in [2.05, 4.69) is 0 Å². The highest BCUT2D eigenvalue weighted by molar-refractivity contribution is 7.89. The lowest BCUT2D eigenvalue weighted by molar-refractivity contribution is -0.146. The lowest BCUT2D eigenvalue weighted by Gasteiger charge is -2.08. The second-order valence-electron chi connectivity index (χ2n) is 3.28. The average Bonchev–Trinajstić information content (AvgIpc) is 2.29. The van der Waals surface area contributed by atoms with Crippen LogP contribution < -0.4 is 4.72 Å². The predicted octanol–water partition coefficient (Wildman–Crippen LogP) is -0.311.